The maximum absolute atomic E-state index is 14.4. The Balaban J connectivity index is 0.00000822. The maximum Gasteiger partial charge on any atom is 1.00 e. The SMILES string of the molecule is C=C(C)CCC[C@@]1(C)OC(=O)C23CC=C4C(CCC5C(C)(C)[C@@H](O[C@@H]6OC[C@@H](OS(=O)(=O)[O-])C(O)C6O[C@@H]6OC(C)[C@@H](O[C@@H]7OC[C@@H](O)C(O[C@@H]8OC(CO)[C@@H](O)C(OC)C8O)C7O)C(O)C6O)CC[C@]45C)[C@@]2(C)CC(=O)C31.[Na+]. The summed E-state index contributed by atoms with van der Waals surface area (Å²) in [6.45, 7) is 16.0. The molecule has 8 N–H and O–H groups in total. The van der Waals surface area contributed by atoms with Gasteiger partial charge in [0, 0.05) is 13.5 Å². The molecule has 0 bridgehead atoms. The van der Waals surface area contributed by atoms with Crippen molar-refractivity contribution in [1.82, 2.24) is 0 Å². The summed E-state index contributed by atoms with van der Waals surface area (Å²) in [7, 11) is -4.19. The summed E-state index contributed by atoms with van der Waals surface area (Å²) in [6.07, 6.45) is -22.3. The minimum Gasteiger partial charge on any atom is -0.726 e. The monoisotopic (exact) mass is 1160 g/mol. The molecule has 26 atom stereocenters. The van der Waals surface area contributed by atoms with Gasteiger partial charge in [-0.3, -0.25) is 13.8 Å². The van der Waals surface area contributed by atoms with E-state index in [1.807, 2.05) is 13.8 Å². The number of Topliss-reactive ketones (excluding diaryl/α,β-unsaturated/α-hetero) is 1. The number of allylic oxidation sites excluding steroid dienone is 3. The van der Waals surface area contributed by atoms with Crippen molar-refractivity contribution in [3.8, 4) is 0 Å². The van der Waals surface area contributed by atoms with Gasteiger partial charge in [-0.25, -0.2) is 8.42 Å². The molecule has 5 heterocycles. The molecule has 79 heavy (non-hydrogen) atoms. The van der Waals surface area contributed by atoms with Crippen molar-refractivity contribution in [2.45, 2.75) is 229 Å². The van der Waals surface area contributed by atoms with E-state index >= 15 is 0 Å². The largest absolute Gasteiger partial charge is 1.00 e. The number of esters is 1. The fourth-order valence-corrected chi connectivity index (χ4v) is 16.3. The molecule has 5 saturated heterocycles. The van der Waals surface area contributed by atoms with Gasteiger partial charge in [0.25, 0.3) is 0 Å². The minimum absolute atomic E-state index is 0. The molecule has 14 unspecified atom stereocenters. The van der Waals surface area contributed by atoms with Crippen LogP contribution >= 0.6 is 0 Å². The van der Waals surface area contributed by atoms with Gasteiger partial charge in [-0.2, -0.15) is 0 Å². The number of fused-ring (bicyclic) bond motifs is 4. The Morgan fingerprint density at radius 1 is 0.797 bits per heavy atom. The molecule has 0 aromatic rings. The first kappa shape index (κ1) is 63.8. The molecule has 5 aliphatic heterocycles. The van der Waals surface area contributed by atoms with E-state index in [1.54, 1.807) is 0 Å². The van der Waals surface area contributed by atoms with Crippen molar-refractivity contribution in [2.75, 3.05) is 26.9 Å². The van der Waals surface area contributed by atoms with Gasteiger partial charge < -0.3 is 92.8 Å². The van der Waals surface area contributed by atoms with Crippen LogP contribution < -0.4 is 29.6 Å². The Morgan fingerprint density at radius 2 is 1.44 bits per heavy atom. The molecule has 9 aliphatic rings. The molecule has 0 aromatic carbocycles. The van der Waals surface area contributed by atoms with E-state index in [2.05, 4.69) is 44.5 Å². The van der Waals surface area contributed by atoms with Gasteiger partial charge in [0.1, 0.15) is 90.7 Å². The van der Waals surface area contributed by atoms with Crippen molar-refractivity contribution in [2.24, 2.45) is 39.4 Å². The Bertz CT molecular complexity index is 2380. The van der Waals surface area contributed by atoms with Crippen LogP contribution in [0.3, 0.4) is 0 Å². The number of hydrogen-bond donors (Lipinski definition) is 8. The summed E-state index contributed by atoms with van der Waals surface area (Å²) in [5.74, 6) is -0.847. The number of rotatable bonds is 16. The number of carbonyl (C=O) groups is 2. The second kappa shape index (κ2) is 23.6. The van der Waals surface area contributed by atoms with Crippen molar-refractivity contribution >= 4 is 22.2 Å². The molecular weight excluding hydrogens is 1080 g/mol. The molecule has 24 nitrogen and oxygen atoms in total. The predicted octanol–water partition coefficient (Wildman–Crippen LogP) is -3.08. The first-order valence-electron chi connectivity index (χ1n) is 27.3. The summed E-state index contributed by atoms with van der Waals surface area (Å²) in [5, 5.41) is 88.1. The van der Waals surface area contributed by atoms with Gasteiger partial charge in [-0.1, -0.05) is 44.9 Å². The molecule has 0 radical (unpaired) electrons. The summed E-state index contributed by atoms with van der Waals surface area (Å²) in [4.78, 5) is 28.7. The molecule has 9 rings (SSSR count). The van der Waals surface area contributed by atoms with Crippen LogP contribution in [0.5, 0.6) is 0 Å². The zero-order valence-electron chi connectivity index (χ0n) is 46.5. The van der Waals surface area contributed by atoms with Crippen LogP contribution in [0, 0.1) is 39.4 Å². The van der Waals surface area contributed by atoms with Crippen LogP contribution in [0.4, 0.5) is 0 Å². The predicted molar refractivity (Wildman–Crippen MR) is 263 cm³/mol. The third kappa shape index (κ3) is 11.1. The average molecular weight is 1160 g/mol. The molecule has 3 saturated carbocycles. The van der Waals surface area contributed by atoms with Crippen molar-refractivity contribution in [1.29, 1.82) is 0 Å². The fraction of sp³-hybridized carbons (Fsp3) is 0.887. The fourth-order valence-electron chi connectivity index (χ4n) is 15.8. The Hall–Kier alpha value is -1.19. The summed E-state index contributed by atoms with van der Waals surface area (Å²) in [5.41, 5.74) is -1.32. The van der Waals surface area contributed by atoms with Gasteiger partial charge in [-0.05, 0) is 100 Å². The molecular formula is C53H81NaO24S. The zero-order valence-corrected chi connectivity index (χ0v) is 49.3. The van der Waals surface area contributed by atoms with E-state index in [9.17, 15) is 63.4 Å². The Morgan fingerprint density at radius 3 is 2.10 bits per heavy atom. The van der Waals surface area contributed by atoms with E-state index in [-0.39, 0.29) is 65.0 Å². The number of aliphatic hydroxyl groups is 8. The molecule has 0 amide bonds. The van der Waals surface area contributed by atoms with E-state index in [0.717, 1.165) is 18.4 Å². The molecule has 0 aromatic heterocycles. The van der Waals surface area contributed by atoms with E-state index in [0.29, 0.717) is 38.5 Å². The van der Waals surface area contributed by atoms with E-state index in [1.165, 1.54) is 19.6 Å². The van der Waals surface area contributed by atoms with Gasteiger partial charge in [0.2, 0.25) is 10.4 Å². The van der Waals surface area contributed by atoms with Gasteiger partial charge in [-0.15, -0.1) is 6.58 Å². The average Bonchev–Trinajstić information content (AvgIpc) is 2.50. The third-order valence-corrected chi connectivity index (χ3v) is 20.2. The van der Waals surface area contributed by atoms with Gasteiger partial charge >= 0.3 is 35.5 Å². The number of ether oxygens (including phenoxy) is 10. The van der Waals surface area contributed by atoms with Crippen LogP contribution in [-0.2, 0) is 71.5 Å². The third-order valence-electron chi connectivity index (χ3n) is 19.7. The first-order chi connectivity index (χ1) is 36.5. The Labute approximate surface area is 482 Å². The zero-order chi connectivity index (χ0) is 57.0. The van der Waals surface area contributed by atoms with Crippen molar-refractivity contribution in [3.05, 3.63) is 23.8 Å². The number of cyclic esters (lactones) is 1. The number of ketones is 1. The number of hydrogen-bond acceptors (Lipinski definition) is 24. The second-order valence-corrected chi connectivity index (χ2v) is 25.8. The Kier molecular flexibility index (Phi) is 19.1. The minimum atomic E-state index is -5.40. The molecule has 1 spiro atoms. The molecule has 4 aliphatic carbocycles. The standard InChI is InChI=1S/C53H82O24S.Na/c1-23(2)11-10-16-52(8)43-27(55)19-51(7)26-12-13-31-49(4,5)32(15-17-50(31,6)25(26)14-18-53(43,51)48(63)76-52)72-47-42(34(58)30(22-69-47)77-78(64,65)66)75-45-36(60)35(59)39(24(3)70-45)73-44-37(61)40(28(56)21-68-44)74-46-38(62)41(67-9)33(57)29(20-54)71-46;/h14,24,26,28-47,54,56-62H,1,10-13,15-22H2,2-9H3,(H,64,65,66);/q;+1/p-1/t24?,26?,28-,29?,30-,31?,32+,33-,34?,35?,36?,37?,38?,39-,40?,41?,42?,43?,44+,45+,46+,47+,50-,51-,52-,53?;/m1./s1. The quantitative estimate of drug-likeness (QED) is 0.0190. The second-order valence-electron chi connectivity index (χ2n) is 24.8. The van der Waals surface area contributed by atoms with Crippen molar-refractivity contribution < 1.29 is 145 Å². The number of carbonyl (C=O) groups excluding carboxylic acids is 2. The van der Waals surface area contributed by atoms with Crippen LogP contribution in [-0.4, -0.2) is 215 Å². The molecule has 26 heteroatoms. The van der Waals surface area contributed by atoms with E-state index < -0.39 is 175 Å². The van der Waals surface area contributed by atoms with Crippen LogP contribution in [0.15, 0.2) is 23.8 Å². The molecule has 444 valence electrons. The van der Waals surface area contributed by atoms with Gasteiger partial charge in [0.05, 0.1) is 43.4 Å². The van der Waals surface area contributed by atoms with Crippen molar-refractivity contribution in [3.63, 3.8) is 0 Å². The van der Waals surface area contributed by atoms with Gasteiger partial charge in [0.15, 0.2) is 25.2 Å². The van der Waals surface area contributed by atoms with Crippen LogP contribution in [0.25, 0.3) is 0 Å². The number of aliphatic hydroxyl groups excluding tert-OH is 8. The normalized spacial score (nSPS) is 49.6. The first-order valence-corrected chi connectivity index (χ1v) is 28.6. The van der Waals surface area contributed by atoms with Crippen LogP contribution in [0.2, 0.25) is 0 Å². The summed E-state index contributed by atoms with van der Waals surface area (Å²) < 4.78 is 99.5. The summed E-state index contributed by atoms with van der Waals surface area (Å²) in [6, 6.07) is 0. The summed E-state index contributed by atoms with van der Waals surface area (Å²) >= 11 is 0. The smallest absolute Gasteiger partial charge is 0.726 e. The van der Waals surface area contributed by atoms with Crippen LogP contribution in [0.1, 0.15) is 106 Å². The van der Waals surface area contributed by atoms with E-state index in [4.69, 9.17) is 47.4 Å². The topological polar surface area (TPSA) is 355 Å². The molecule has 8 fully saturated rings. The maximum atomic E-state index is 14.4. The number of methoxy groups -OCH3 is 1.